The summed E-state index contributed by atoms with van der Waals surface area (Å²) in [4.78, 5) is 36.2. The SMILES string of the molecule is C=CC(=O)OC(C)(C)C.CC(=O)NC(C)CN1CCC[C@H](C2CN(C(=O)O)C2)C1. The summed E-state index contributed by atoms with van der Waals surface area (Å²) in [5.41, 5.74) is -0.398. The summed E-state index contributed by atoms with van der Waals surface area (Å²) in [6, 6.07) is 0.170. The minimum absolute atomic E-state index is 0.0159. The highest BCUT2D eigenvalue weighted by Crippen LogP contribution is 2.30. The smallest absolute Gasteiger partial charge is 0.407 e. The van der Waals surface area contributed by atoms with Gasteiger partial charge in [0.15, 0.2) is 0 Å². The highest BCUT2D eigenvalue weighted by molar-refractivity contribution is 5.81. The highest BCUT2D eigenvalue weighted by atomic mass is 16.6. The maximum atomic E-state index is 11.0. The number of carboxylic acid groups (broad SMARTS) is 1. The Labute approximate surface area is 174 Å². The fourth-order valence-electron chi connectivity index (χ4n) is 3.73. The maximum Gasteiger partial charge on any atom is 0.407 e. The van der Waals surface area contributed by atoms with Crippen molar-refractivity contribution in [1.29, 1.82) is 0 Å². The van der Waals surface area contributed by atoms with E-state index < -0.39 is 11.7 Å². The number of hydrogen-bond donors (Lipinski definition) is 2. The molecule has 2 aliphatic rings. The largest absolute Gasteiger partial charge is 0.465 e. The Hall–Kier alpha value is -2.09. The molecule has 8 heteroatoms. The van der Waals surface area contributed by atoms with Crippen LogP contribution < -0.4 is 5.32 Å². The minimum atomic E-state index is -0.798. The Morgan fingerprint density at radius 3 is 2.31 bits per heavy atom. The van der Waals surface area contributed by atoms with E-state index in [1.807, 2.05) is 27.7 Å². The molecule has 0 aromatic rings. The molecule has 2 fully saturated rings. The molecule has 2 rings (SSSR count). The molecule has 2 amide bonds. The first-order valence-electron chi connectivity index (χ1n) is 10.2. The monoisotopic (exact) mass is 411 g/mol. The molecule has 0 spiro atoms. The molecule has 0 saturated carbocycles. The van der Waals surface area contributed by atoms with Crippen LogP contribution in [0, 0.1) is 11.8 Å². The zero-order valence-corrected chi connectivity index (χ0v) is 18.4. The lowest BCUT2D eigenvalue weighted by Crippen LogP contribution is -2.55. The third-order valence-electron chi connectivity index (χ3n) is 4.94. The van der Waals surface area contributed by atoms with Crippen LogP contribution in [0.5, 0.6) is 0 Å². The fourth-order valence-corrected chi connectivity index (χ4v) is 3.73. The van der Waals surface area contributed by atoms with Gasteiger partial charge in [0.25, 0.3) is 0 Å². The van der Waals surface area contributed by atoms with Gasteiger partial charge in [-0.2, -0.15) is 0 Å². The van der Waals surface area contributed by atoms with Gasteiger partial charge >= 0.3 is 12.1 Å². The van der Waals surface area contributed by atoms with Crippen molar-refractivity contribution in [2.75, 3.05) is 32.7 Å². The lowest BCUT2D eigenvalue weighted by Gasteiger charge is -2.45. The Kier molecular flexibility index (Phi) is 9.62. The number of hydrogen-bond acceptors (Lipinski definition) is 5. The summed E-state index contributed by atoms with van der Waals surface area (Å²) in [7, 11) is 0. The second-order valence-corrected chi connectivity index (χ2v) is 8.95. The zero-order chi connectivity index (χ0) is 22.2. The van der Waals surface area contributed by atoms with Crippen LogP contribution in [0.15, 0.2) is 12.7 Å². The number of nitrogens with zero attached hydrogens (tertiary/aromatic N) is 2. The van der Waals surface area contributed by atoms with Crippen LogP contribution >= 0.6 is 0 Å². The van der Waals surface area contributed by atoms with E-state index in [1.165, 1.54) is 17.7 Å². The molecular weight excluding hydrogens is 374 g/mol. The van der Waals surface area contributed by atoms with Crippen molar-refractivity contribution in [3.63, 3.8) is 0 Å². The van der Waals surface area contributed by atoms with E-state index in [9.17, 15) is 14.4 Å². The molecule has 2 N–H and O–H groups in total. The topological polar surface area (TPSA) is 99.2 Å². The van der Waals surface area contributed by atoms with Crippen LogP contribution in [-0.4, -0.2) is 77.2 Å². The number of amides is 2. The van der Waals surface area contributed by atoms with Crippen LogP contribution in [0.4, 0.5) is 4.79 Å². The third kappa shape index (κ3) is 9.78. The number of rotatable bonds is 5. The molecule has 2 aliphatic heterocycles. The Morgan fingerprint density at radius 1 is 1.24 bits per heavy atom. The van der Waals surface area contributed by atoms with Crippen LogP contribution in [0.3, 0.4) is 0 Å². The number of ether oxygens (including phenoxy) is 1. The number of likely N-dealkylation sites (tertiary alicyclic amines) is 2. The van der Waals surface area contributed by atoms with Crippen molar-refractivity contribution in [3.8, 4) is 0 Å². The van der Waals surface area contributed by atoms with Gasteiger partial charge in [-0.05, 0) is 58.9 Å². The van der Waals surface area contributed by atoms with Gasteiger partial charge < -0.3 is 25.0 Å². The van der Waals surface area contributed by atoms with Crippen molar-refractivity contribution < 1.29 is 24.2 Å². The molecule has 0 bridgehead atoms. The molecule has 0 aromatic carbocycles. The quantitative estimate of drug-likeness (QED) is 0.532. The first-order chi connectivity index (χ1) is 13.4. The summed E-state index contributed by atoms with van der Waals surface area (Å²) in [6.45, 7) is 16.7. The second kappa shape index (κ2) is 11.2. The Balaban J connectivity index is 0.000000396. The Morgan fingerprint density at radius 2 is 1.86 bits per heavy atom. The van der Waals surface area contributed by atoms with Crippen molar-refractivity contribution in [1.82, 2.24) is 15.1 Å². The van der Waals surface area contributed by atoms with E-state index in [0.717, 1.165) is 25.7 Å². The van der Waals surface area contributed by atoms with Crippen LogP contribution in [0.1, 0.15) is 47.5 Å². The molecule has 2 heterocycles. The summed E-state index contributed by atoms with van der Waals surface area (Å²) in [5.74, 6) is 0.763. The molecule has 0 aromatic heterocycles. The lowest BCUT2D eigenvalue weighted by molar-refractivity contribution is -0.148. The first-order valence-corrected chi connectivity index (χ1v) is 10.2. The number of piperidine rings is 1. The molecule has 1 unspecified atom stereocenters. The van der Waals surface area contributed by atoms with Crippen molar-refractivity contribution in [2.45, 2.75) is 59.1 Å². The van der Waals surface area contributed by atoms with Crippen LogP contribution in [-0.2, 0) is 14.3 Å². The number of nitrogens with one attached hydrogen (secondary N) is 1. The lowest BCUT2D eigenvalue weighted by atomic mass is 9.81. The normalized spacial score (nSPS) is 21.1. The number of carbonyl (C=O) groups excluding carboxylic acids is 2. The molecule has 2 saturated heterocycles. The second-order valence-electron chi connectivity index (χ2n) is 8.95. The molecule has 29 heavy (non-hydrogen) atoms. The van der Waals surface area contributed by atoms with Gasteiger partial charge in [-0.3, -0.25) is 4.79 Å². The van der Waals surface area contributed by atoms with E-state index in [0.29, 0.717) is 24.9 Å². The van der Waals surface area contributed by atoms with Gasteiger partial charge in [-0.25, -0.2) is 9.59 Å². The molecule has 2 atom stereocenters. The van der Waals surface area contributed by atoms with Gasteiger partial charge in [-0.1, -0.05) is 6.58 Å². The van der Waals surface area contributed by atoms with Gasteiger partial charge in [0.1, 0.15) is 5.60 Å². The zero-order valence-electron chi connectivity index (χ0n) is 18.4. The van der Waals surface area contributed by atoms with Gasteiger partial charge in [0.2, 0.25) is 5.91 Å². The Bertz CT molecular complexity index is 581. The number of esters is 1. The third-order valence-corrected chi connectivity index (χ3v) is 4.94. The standard InChI is InChI=1S/C14H25N3O3.C7H12O2/c1-10(15-11(2)18)6-16-5-3-4-12(7-16)13-8-17(9-13)14(19)20;1-5-6(8)9-7(2,3)4/h10,12-13H,3-9H2,1-2H3,(H,15,18)(H,19,20);5H,1H2,2-4H3/t10?,12-;/m0./s1. The van der Waals surface area contributed by atoms with E-state index in [1.54, 1.807) is 6.92 Å². The van der Waals surface area contributed by atoms with Crippen LogP contribution in [0.2, 0.25) is 0 Å². The average Bonchev–Trinajstić information content (AvgIpc) is 2.51. The van der Waals surface area contributed by atoms with Crippen molar-refractivity contribution in [2.24, 2.45) is 11.8 Å². The van der Waals surface area contributed by atoms with Gasteiger partial charge in [-0.15, -0.1) is 0 Å². The van der Waals surface area contributed by atoms with Gasteiger partial charge in [0.05, 0.1) is 0 Å². The molecule has 0 aliphatic carbocycles. The van der Waals surface area contributed by atoms with E-state index in [4.69, 9.17) is 9.84 Å². The van der Waals surface area contributed by atoms with Crippen molar-refractivity contribution >= 4 is 18.0 Å². The van der Waals surface area contributed by atoms with E-state index in [-0.39, 0.29) is 17.9 Å². The van der Waals surface area contributed by atoms with Gasteiger partial charge in [0, 0.05) is 45.2 Å². The first kappa shape index (κ1) is 24.9. The minimum Gasteiger partial charge on any atom is -0.465 e. The summed E-state index contributed by atoms with van der Waals surface area (Å²) >= 11 is 0. The van der Waals surface area contributed by atoms with E-state index in [2.05, 4.69) is 16.8 Å². The summed E-state index contributed by atoms with van der Waals surface area (Å²) < 4.78 is 4.83. The average molecular weight is 412 g/mol. The summed E-state index contributed by atoms with van der Waals surface area (Å²) in [6.07, 6.45) is 2.73. The summed E-state index contributed by atoms with van der Waals surface area (Å²) in [5, 5.41) is 11.8. The highest BCUT2D eigenvalue weighted by Gasteiger charge is 2.37. The van der Waals surface area contributed by atoms with Crippen molar-refractivity contribution in [3.05, 3.63) is 12.7 Å². The fraction of sp³-hybridized carbons (Fsp3) is 0.762. The molecule has 166 valence electrons. The maximum absolute atomic E-state index is 11.0. The number of carbonyl (C=O) groups is 3. The van der Waals surface area contributed by atoms with Crippen LogP contribution in [0.25, 0.3) is 0 Å². The molecule has 0 radical (unpaired) electrons. The molecule has 8 nitrogen and oxygen atoms in total. The molecular formula is C21H37N3O5. The predicted octanol–water partition coefficient (Wildman–Crippen LogP) is 2.35. The predicted molar refractivity (Wildman–Crippen MR) is 112 cm³/mol. The van der Waals surface area contributed by atoms with E-state index >= 15 is 0 Å².